The first kappa shape index (κ1) is 22.2. The van der Waals surface area contributed by atoms with Crippen LogP contribution < -0.4 is 4.74 Å². The predicted molar refractivity (Wildman–Crippen MR) is 113 cm³/mol. The largest absolute Gasteiger partial charge is 0.493 e. The van der Waals surface area contributed by atoms with Gasteiger partial charge in [0.15, 0.2) is 5.82 Å². The van der Waals surface area contributed by atoms with Crippen LogP contribution >= 0.6 is 0 Å². The van der Waals surface area contributed by atoms with Crippen molar-refractivity contribution in [1.29, 1.82) is 0 Å². The molecular formula is C23H29FN4O4. The van der Waals surface area contributed by atoms with E-state index in [0.29, 0.717) is 49.4 Å². The monoisotopic (exact) mass is 444 g/mol. The quantitative estimate of drug-likeness (QED) is 0.652. The van der Waals surface area contributed by atoms with Gasteiger partial charge in [0.1, 0.15) is 17.6 Å². The van der Waals surface area contributed by atoms with Gasteiger partial charge >= 0.3 is 0 Å². The zero-order valence-corrected chi connectivity index (χ0v) is 18.3. The highest BCUT2D eigenvalue weighted by Gasteiger charge is 2.35. The number of ether oxygens (including phenoxy) is 1. The molecule has 3 heterocycles. The molecule has 0 N–H and O–H groups in total. The van der Waals surface area contributed by atoms with Gasteiger partial charge < -0.3 is 19.1 Å². The summed E-state index contributed by atoms with van der Waals surface area (Å²) < 4.78 is 24.0. The van der Waals surface area contributed by atoms with Gasteiger partial charge in [-0.25, -0.2) is 4.39 Å². The molecule has 2 aliphatic rings. The summed E-state index contributed by atoms with van der Waals surface area (Å²) >= 11 is 0. The maximum absolute atomic E-state index is 13.0. The first-order chi connectivity index (χ1) is 15.5. The highest BCUT2D eigenvalue weighted by molar-refractivity contribution is 5.77. The Morgan fingerprint density at radius 2 is 1.91 bits per heavy atom. The van der Waals surface area contributed by atoms with E-state index in [4.69, 9.17) is 9.26 Å². The number of benzene rings is 1. The molecule has 32 heavy (non-hydrogen) atoms. The van der Waals surface area contributed by atoms with Gasteiger partial charge in [0.25, 0.3) is 0 Å². The van der Waals surface area contributed by atoms with Crippen molar-refractivity contribution in [3.8, 4) is 5.75 Å². The van der Waals surface area contributed by atoms with Crippen molar-refractivity contribution in [2.45, 2.75) is 51.5 Å². The molecule has 0 spiro atoms. The predicted octanol–water partition coefficient (Wildman–Crippen LogP) is 3.14. The van der Waals surface area contributed by atoms with Gasteiger partial charge in [-0.15, -0.1) is 0 Å². The lowest BCUT2D eigenvalue weighted by Crippen LogP contribution is -2.39. The van der Waals surface area contributed by atoms with Crippen molar-refractivity contribution in [3.05, 3.63) is 41.8 Å². The maximum atomic E-state index is 13.0. The van der Waals surface area contributed by atoms with E-state index < -0.39 is 0 Å². The van der Waals surface area contributed by atoms with Crippen molar-refractivity contribution in [2.75, 3.05) is 26.2 Å². The van der Waals surface area contributed by atoms with Gasteiger partial charge in [-0.3, -0.25) is 9.59 Å². The fourth-order valence-electron chi connectivity index (χ4n) is 4.43. The van der Waals surface area contributed by atoms with Gasteiger partial charge in [0, 0.05) is 39.4 Å². The zero-order chi connectivity index (χ0) is 22.5. The second kappa shape index (κ2) is 10.1. The van der Waals surface area contributed by atoms with Crippen LogP contribution in [0.25, 0.3) is 0 Å². The highest BCUT2D eigenvalue weighted by Crippen LogP contribution is 2.33. The molecule has 1 aromatic heterocycles. The van der Waals surface area contributed by atoms with Gasteiger partial charge in [0.05, 0.1) is 6.61 Å². The summed E-state index contributed by atoms with van der Waals surface area (Å²) in [5.41, 5.74) is 0. The molecule has 0 saturated carbocycles. The summed E-state index contributed by atoms with van der Waals surface area (Å²) in [6.45, 7) is 4.08. The number of carbonyl (C=O) groups excluding carboxylic acids is 2. The Labute approximate surface area is 186 Å². The minimum absolute atomic E-state index is 0.102. The molecule has 2 fully saturated rings. The SMILES string of the molecule is CC(=O)N1CCC(CC(=O)N2CCCC2c2nc(CCOc3ccc(F)cc3)no2)CC1. The molecule has 4 rings (SSSR count). The average Bonchev–Trinajstić information content (AvgIpc) is 3.45. The second-order valence-electron chi connectivity index (χ2n) is 8.50. The third-order valence-electron chi connectivity index (χ3n) is 6.27. The van der Waals surface area contributed by atoms with Crippen LogP contribution in [0.2, 0.25) is 0 Å². The van der Waals surface area contributed by atoms with Gasteiger partial charge in [0.2, 0.25) is 17.7 Å². The van der Waals surface area contributed by atoms with Crippen LogP contribution in [0.3, 0.4) is 0 Å². The van der Waals surface area contributed by atoms with E-state index in [2.05, 4.69) is 10.1 Å². The molecule has 2 aromatic rings. The number of nitrogens with zero attached hydrogens (tertiary/aromatic N) is 4. The lowest BCUT2D eigenvalue weighted by molar-refractivity contribution is -0.134. The summed E-state index contributed by atoms with van der Waals surface area (Å²) in [5.74, 6) is 1.80. The van der Waals surface area contributed by atoms with Crippen LogP contribution in [0.4, 0.5) is 4.39 Å². The highest BCUT2D eigenvalue weighted by atomic mass is 19.1. The van der Waals surface area contributed by atoms with E-state index in [-0.39, 0.29) is 23.7 Å². The molecule has 2 amide bonds. The maximum Gasteiger partial charge on any atom is 0.249 e. The zero-order valence-electron chi connectivity index (χ0n) is 18.3. The van der Waals surface area contributed by atoms with Crippen LogP contribution in [-0.2, 0) is 16.0 Å². The minimum atomic E-state index is -0.308. The van der Waals surface area contributed by atoms with Gasteiger partial charge in [-0.2, -0.15) is 4.98 Å². The van der Waals surface area contributed by atoms with E-state index in [0.717, 1.165) is 38.8 Å². The van der Waals surface area contributed by atoms with Gasteiger partial charge in [-0.1, -0.05) is 5.16 Å². The number of rotatable bonds is 7. The summed E-state index contributed by atoms with van der Waals surface area (Å²) in [4.78, 5) is 32.7. The molecule has 8 nitrogen and oxygen atoms in total. The van der Waals surface area contributed by atoms with Crippen LogP contribution in [0, 0.1) is 11.7 Å². The van der Waals surface area contributed by atoms with Gasteiger partial charge in [-0.05, 0) is 55.9 Å². The van der Waals surface area contributed by atoms with Crippen molar-refractivity contribution >= 4 is 11.8 Å². The number of piperidine rings is 1. The molecule has 0 radical (unpaired) electrons. The number of amides is 2. The Morgan fingerprint density at radius 3 is 2.62 bits per heavy atom. The molecule has 0 aliphatic carbocycles. The number of likely N-dealkylation sites (tertiary alicyclic amines) is 2. The Morgan fingerprint density at radius 1 is 1.16 bits per heavy atom. The Balaban J connectivity index is 1.27. The Hall–Kier alpha value is -2.97. The van der Waals surface area contributed by atoms with E-state index in [1.165, 1.54) is 12.1 Å². The fraction of sp³-hybridized carbons (Fsp3) is 0.565. The lowest BCUT2D eigenvalue weighted by atomic mass is 9.93. The Bertz CT molecular complexity index is 924. The average molecular weight is 445 g/mol. The van der Waals surface area contributed by atoms with Crippen molar-refractivity contribution in [1.82, 2.24) is 19.9 Å². The minimum Gasteiger partial charge on any atom is -0.493 e. The molecular weight excluding hydrogens is 415 g/mol. The normalized spacial score (nSPS) is 19.4. The van der Waals surface area contributed by atoms with Crippen LogP contribution in [-0.4, -0.2) is 58.0 Å². The summed E-state index contributed by atoms with van der Waals surface area (Å²) in [7, 11) is 0. The third-order valence-corrected chi connectivity index (χ3v) is 6.27. The van der Waals surface area contributed by atoms with E-state index >= 15 is 0 Å². The molecule has 9 heteroatoms. The third kappa shape index (κ3) is 5.44. The van der Waals surface area contributed by atoms with Crippen LogP contribution in [0.5, 0.6) is 5.75 Å². The smallest absolute Gasteiger partial charge is 0.249 e. The molecule has 2 aliphatic heterocycles. The summed E-state index contributed by atoms with van der Waals surface area (Å²) in [6.07, 6.45) is 4.39. The lowest BCUT2D eigenvalue weighted by Gasteiger charge is -2.32. The van der Waals surface area contributed by atoms with Crippen LogP contribution in [0.1, 0.15) is 56.8 Å². The first-order valence-corrected chi connectivity index (χ1v) is 11.3. The standard InChI is InChI=1S/C23H29FN4O4/c1-16(29)27-12-8-17(9-13-27)15-22(30)28-11-2-3-20(28)23-25-21(26-32-23)10-14-31-19-6-4-18(24)5-7-19/h4-7,17,20H,2-3,8-15H2,1H3. The molecule has 2 saturated heterocycles. The second-order valence-corrected chi connectivity index (χ2v) is 8.50. The Kier molecular flexibility index (Phi) is 7.02. The number of aromatic nitrogens is 2. The number of halogens is 1. The van der Waals surface area contributed by atoms with E-state index in [9.17, 15) is 14.0 Å². The molecule has 172 valence electrons. The van der Waals surface area contributed by atoms with Crippen molar-refractivity contribution < 1.29 is 23.2 Å². The van der Waals surface area contributed by atoms with E-state index in [1.54, 1.807) is 19.1 Å². The van der Waals surface area contributed by atoms with Crippen LogP contribution in [0.15, 0.2) is 28.8 Å². The number of carbonyl (C=O) groups is 2. The fourth-order valence-corrected chi connectivity index (χ4v) is 4.43. The van der Waals surface area contributed by atoms with E-state index in [1.807, 2.05) is 9.80 Å². The molecule has 1 atom stereocenters. The molecule has 1 unspecified atom stereocenters. The number of hydrogen-bond acceptors (Lipinski definition) is 6. The molecule has 1 aromatic carbocycles. The van der Waals surface area contributed by atoms with Crippen molar-refractivity contribution in [3.63, 3.8) is 0 Å². The summed E-state index contributed by atoms with van der Waals surface area (Å²) in [6, 6.07) is 5.66. The first-order valence-electron chi connectivity index (χ1n) is 11.3. The molecule has 0 bridgehead atoms. The topological polar surface area (TPSA) is 88.8 Å². The number of hydrogen-bond donors (Lipinski definition) is 0. The summed E-state index contributed by atoms with van der Waals surface area (Å²) in [5, 5.41) is 4.04. The van der Waals surface area contributed by atoms with Crippen molar-refractivity contribution in [2.24, 2.45) is 5.92 Å².